The predicted octanol–water partition coefficient (Wildman–Crippen LogP) is -0.960. The maximum absolute atomic E-state index is 11.9. The Balaban J connectivity index is 2.84. The third-order valence-electron chi connectivity index (χ3n) is 3.34. The van der Waals surface area contributed by atoms with E-state index in [1.54, 1.807) is 25.9 Å². The van der Waals surface area contributed by atoms with Crippen LogP contribution in [0.5, 0.6) is 0 Å². The summed E-state index contributed by atoms with van der Waals surface area (Å²) in [5.74, 6) is -0.0332. The number of nitrogens with zero attached hydrogens (tertiary/aromatic N) is 3. The molecule has 0 saturated carbocycles. The van der Waals surface area contributed by atoms with Crippen LogP contribution in [0.15, 0.2) is 15.8 Å². The van der Waals surface area contributed by atoms with Gasteiger partial charge in [-0.2, -0.15) is 0 Å². The van der Waals surface area contributed by atoms with Gasteiger partial charge in [0.25, 0.3) is 5.56 Å². The van der Waals surface area contributed by atoms with Crippen molar-refractivity contribution in [2.45, 2.75) is 26.4 Å². The molecule has 1 amide bonds. The average molecular weight is 282 g/mol. The molecule has 1 atom stereocenters. The Kier molecular flexibility index (Phi) is 5.26. The van der Waals surface area contributed by atoms with E-state index in [9.17, 15) is 14.4 Å². The molecule has 7 nitrogen and oxygen atoms in total. The van der Waals surface area contributed by atoms with E-state index in [2.05, 4.69) is 5.32 Å². The van der Waals surface area contributed by atoms with E-state index in [4.69, 9.17) is 0 Å². The van der Waals surface area contributed by atoms with Crippen LogP contribution in [0.2, 0.25) is 0 Å². The molecule has 0 saturated heterocycles. The smallest absolute Gasteiger partial charge is 0.330 e. The third-order valence-corrected chi connectivity index (χ3v) is 3.34. The standard InChI is InChI=1S/C13H22N4O3/c1-6-15(3)11(18)9(2)14-7-10-8-16(4)13(20)17(5)12(10)19/h8-9,14H,6-7H2,1-5H3. The monoisotopic (exact) mass is 282 g/mol. The molecule has 1 aromatic rings. The van der Waals surface area contributed by atoms with Gasteiger partial charge in [-0.25, -0.2) is 4.79 Å². The van der Waals surface area contributed by atoms with E-state index in [0.29, 0.717) is 12.1 Å². The Bertz CT molecular complexity index is 603. The minimum atomic E-state index is -0.387. The SMILES string of the molecule is CCN(C)C(=O)C(C)NCc1cn(C)c(=O)n(C)c1=O. The Morgan fingerprint density at radius 2 is 2.00 bits per heavy atom. The van der Waals surface area contributed by atoms with Crippen LogP contribution in [-0.4, -0.2) is 39.6 Å². The largest absolute Gasteiger partial charge is 0.345 e. The van der Waals surface area contributed by atoms with Gasteiger partial charge in [-0.3, -0.25) is 14.2 Å². The van der Waals surface area contributed by atoms with Gasteiger partial charge >= 0.3 is 5.69 Å². The number of likely N-dealkylation sites (N-methyl/N-ethyl adjacent to an activating group) is 1. The zero-order valence-corrected chi connectivity index (χ0v) is 12.6. The topological polar surface area (TPSA) is 76.3 Å². The number of carbonyl (C=O) groups excluding carboxylic acids is 1. The van der Waals surface area contributed by atoms with Gasteiger partial charge in [-0.05, 0) is 13.8 Å². The molecule has 7 heteroatoms. The molecule has 1 rings (SSSR count). The van der Waals surface area contributed by atoms with Crippen LogP contribution >= 0.6 is 0 Å². The van der Waals surface area contributed by atoms with Crippen molar-refractivity contribution >= 4 is 5.91 Å². The fourth-order valence-corrected chi connectivity index (χ4v) is 1.84. The second kappa shape index (κ2) is 6.51. The molecular weight excluding hydrogens is 260 g/mol. The van der Waals surface area contributed by atoms with Crippen molar-refractivity contribution in [1.82, 2.24) is 19.4 Å². The van der Waals surface area contributed by atoms with Crippen molar-refractivity contribution in [3.05, 3.63) is 32.6 Å². The van der Waals surface area contributed by atoms with E-state index in [1.807, 2.05) is 6.92 Å². The van der Waals surface area contributed by atoms with E-state index in [1.165, 1.54) is 17.8 Å². The van der Waals surface area contributed by atoms with E-state index < -0.39 is 0 Å². The molecule has 0 aliphatic rings. The molecule has 20 heavy (non-hydrogen) atoms. The summed E-state index contributed by atoms with van der Waals surface area (Å²) in [5.41, 5.74) is -0.258. The molecule has 0 aliphatic carbocycles. The maximum Gasteiger partial charge on any atom is 0.330 e. The van der Waals surface area contributed by atoms with E-state index >= 15 is 0 Å². The van der Waals surface area contributed by atoms with Gasteiger partial charge in [-0.15, -0.1) is 0 Å². The maximum atomic E-state index is 11.9. The lowest BCUT2D eigenvalue weighted by Gasteiger charge is -2.20. The van der Waals surface area contributed by atoms with Crippen LogP contribution in [0.1, 0.15) is 19.4 Å². The molecule has 1 aromatic heterocycles. The number of hydrogen-bond donors (Lipinski definition) is 1. The number of hydrogen-bond acceptors (Lipinski definition) is 4. The Morgan fingerprint density at radius 3 is 2.55 bits per heavy atom. The van der Waals surface area contributed by atoms with Crippen LogP contribution in [0.4, 0.5) is 0 Å². The molecule has 0 aliphatic heterocycles. The molecule has 1 unspecified atom stereocenters. The normalized spacial score (nSPS) is 12.2. The van der Waals surface area contributed by atoms with Crippen molar-refractivity contribution in [3.63, 3.8) is 0 Å². The third kappa shape index (κ3) is 3.36. The number of aryl methyl sites for hydroxylation is 1. The summed E-state index contributed by atoms with van der Waals surface area (Å²) in [7, 11) is 4.75. The number of carbonyl (C=O) groups is 1. The second-order valence-corrected chi connectivity index (χ2v) is 4.87. The fraction of sp³-hybridized carbons (Fsp3) is 0.615. The number of aromatic nitrogens is 2. The molecule has 0 spiro atoms. The number of rotatable bonds is 5. The van der Waals surface area contributed by atoms with Crippen LogP contribution in [0.25, 0.3) is 0 Å². The first kappa shape index (κ1) is 16.2. The van der Waals surface area contributed by atoms with Crippen LogP contribution in [0.3, 0.4) is 0 Å². The van der Waals surface area contributed by atoms with Gasteiger partial charge in [0.1, 0.15) is 0 Å². The van der Waals surface area contributed by atoms with Gasteiger partial charge in [0, 0.05) is 46.0 Å². The summed E-state index contributed by atoms with van der Waals surface area (Å²) in [4.78, 5) is 37.0. The summed E-state index contributed by atoms with van der Waals surface area (Å²) < 4.78 is 2.41. The van der Waals surface area contributed by atoms with Gasteiger partial charge in [-0.1, -0.05) is 0 Å². The average Bonchev–Trinajstić information content (AvgIpc) is 2.45. The molecule has 0 fully saturated rings. The number of amides is 1. The van der Waals surface area contributed by atoms with Gasteiger partial charge in [0.2, 0.25) is 5.91 Å². The first-order chi connectivity index (χ1) is 9.29. The molecule has 1 heterocycles. The highest BCUT2D eigenvalue weighted by Crippen LogP contribution is 1.94. The van der Waals surface area contributed by atoms with Crippen LogP contribution < -0.4 is 16.6 Å². The van der Waals surface area contributed by atoms with E-state index in [-0.39, 0.29) is 29.7 Å². The molecule has 0 bridgehead atoms. The predicted molar refractivity (Wildman–Crippen MR) is 76.5 cm³/mol. The zero-order valence-electron chi connectivity index (χ0n) is 12.6. The summed E-state index contributed by atoms with van der Waals surface area (Å²) in [5, 5.41) is 3.01. The summed E-state index contributed by atoms with van der Waals surface area (Å²) >= 11 is 0. The lowest BCUT2D eigenvalue weighted by molar-refractivity contribution is -0.131. The Labute approximate surface area is 117 Å². The molecule has 112 valence electrons. The first-order valence-electron chi connectivity index (χ1n) is 6.53. The van der Waals surface area contributed by atoms with Crippen LogP contribution in [-0.2, 0) is 25.4 Å². The highest BCUT2D eigenvalue weighted by molar-refractivity contribution is 5.81. The molecular formula is C13H22N4O3. The quantitative estimate of drug-likeness (QED) is 0.755. The van der Waals surface area contributed by atoms with Crippen molar-refractivity contribution in [1.29, 1.82) is 0 Å². The first-order valence-corrected chi connectivity index (χ1v) is 6.53. The van der Waals surface area contributed by atoms with E-state index in [0.717, 1.165) is 4.57 Å². The Hall–Kier alpha value is -1.89. The summed E-state index contributed by atoms with van der Waals surface area (Å²) in [6.45, 7) is 4.52. The van der Waals surface area contributed by atoms with Gasteiger partial charge < -0.3 is 14.8 Å². The summed E-state index contributed by atoms with van der Waals surface area (Å²) in [6.07, 6.45) is 1.50. The second-order valence-electron chi connectivity index (χ2n) is 4.87. The van der Waals surface area contributed by atoms with Crippen molar-refractivity contribution < 1.29 is 4.79 Å². The van der Waals surface area contributed by atoms with Crippen LogP contribution in [0, 0.1) is 0 Å². The minimum absolute atomic E-state index is 0.0332. The lowest BCUT2D eigenvalue weighted by Crippen LogP contribution is -2.44. The van der Waals surface area contributed by atoms with Gasteiger partial charge in [0.05, 0.1) is 6.04 Å². The summed E-state index contributed by atoms with van der Waals surface area (Å²) in [6, 6.07) is -0.387. The van der Waals surface area contributed by atoms with Crippen molar-refractivity contribution in [2.75, 3.05) is 13.6 Å². The molecule has 0 radical (unpaired) electrons. The van der Waals surface area contributed by atoms with Crippen molar-refractivity contribution in [3.8, 4) is 0 Å². The van der Waals surface area contributed by atoms with Crippen molar-refractivity contribution in [2.24, 2.45) is 14.1 Å². The fourth-order valence-electron chi connectivity index (χ4n) is 1.84. The zero-order chi connectivity index (χ0) is 15.4. The minimum Gasteiger partial charge on any atom is -0.345 e. The molecule has 1 N–H and O–H groups in total. The number of nitrogens with one attached hydrogen (secondary N) is 1. The highest BCUT2D eigenvalue weighted by Gasteiger charge is 2.16. The highest BCUT2D eigenvalue weighted by atomic mass is 16.2. The Morgan fingerprint density at radius 1 is 1.40 bits per heavy atom. The molecule has 0 aromatic carbocycles. The lowest BCUT2D eigenvalue weighted by atomic mass is 10.2. The van der Waals surface area contributed by atoms with Gasteiger partial charge in [0.15, 0.2) is 0 Å².